The molecule has 7 nitrogen and oxygen atoms in total. The van der Waals surface area contributed by atoms with Gasteiger partial charge in [-0.25, -0.2) is 9.97 Å². The highest BCUT2D eigenvalue weighted by Crippen LogP contribution is 2.29. The fourth-order valence-corrected chi connectivity index (χ4v) is 5.36. The molecule has 0 aliphatic rings. The zero-order chi connectivity index (χ0) is 28.9. The molecular weight excluding hydrogens is 530 g/mol. The molecule has 0 saturated carbocycles. The Morgan fingerprint density at radius 3 is 2.46 bits per heavy atom. The Balaban J connectivity index is 1.41. The van der Waals surface area contributed by atoms with E-state index in [1.807, 2.05) is 86.0 Å². The van der Waals surface area contributed by atoms with Gasteiger partial charge in [0.25, 0.3) is 11.5 Å². The molecule has 1 amide bonds. The second kappa shape index (κ2) is 12.3. The largest absolute Gasteiger partial charge is 0.336 e. The molecule has 41 heavy (non-hydrogen) atoms. The molecule has 0 aliphatic heterocycles. The number of thiazole rings is 1. The number of hydrogen-bond acceptors (Lipinski definition) is 6. The summed E-state index contributed by atoms with van der Waals surface area (Å²) in [6, 6.07) is 21.3. The maximum atomic E-state index is 13.3. The van der Waals surface area contributed by atoms with Crippen molar-refractivity contribution < 1.29 is 4.79 Å². The highest BCUT2D eigenvalue weighted by atomic mass is 32.1. The number of nitrogens with one attached hydrogen (secondary N) is 2. The first-order valence-electron chi connectivity index (χ1n) is 13.7. The first-order valence-corrected chi connectivity index (χ1v) is 14.6. The minimum Gasteiger partial charge on any atom is -0.336 e. The van der Waals surface area contributed by atoms with E-state index in [0.717, 1.165) is 57.9 Å². The molecule has 0 aliphatic carbocycles. The Kier molecular flexibility index (Phi) is 8.40. The van der Waals surface area contributed by atoms with Crippen molar-refractivity contribution in [2.24, 2.45) is 7.05 Å². The van der Waals surface area contributed by atoms with Gasteiger partial charge in [-0.2, -0.15) is 0 Å². The van der Waals surface area contributed by atoms with Gasteiger partial charge in [0.1, 0.15) is 0 Å². The fraction of sp³-hybridized carbons (Fsp3) is 0.212. The number of carbonyl (C=O) groups excluding carboxylic acids is 1. The zero-order valence-electron chi connectivity index (χ0n) is 23.7. The number of unbranched alkanes of at least 4 members (excludes halogenated alkanes) is 1. The molecule has 2 heterocycles. The number of benzene rings is 3. The number of hydrogen-bond donors (Lipinski definition) is 2. The van der Waals surface area contributed by atoms with Crippen molar-refractivity contribution in [2.75, 3.05) is 10.6 Å². The normalized spacial score (nSPS) is 10.9. The lowest BCUT2D eigenvalue weighted by molar-refractivity contribution is 0.102. The van der Waals surface area contributed by atoms with Crippen LogP contribution in [0.5, 0.6) is 0 Å². The van der Waals surface area contributed by atoms with Gasteiger partial charge in [-0.1, -0.05) is 55.8 Å². The van der Waals surface area contributed by atoms with Crippen LogP contribution in [-0.2, 0) is 13.5 Å². The molecule has 2 N–H and O–H groups in total. The third-order valence-corrected chi connectivity index (χ3v) is 7.83. The van der Waals surface area contributed by atoms with Crippen LogP contribution in [0.25, 0.3) is 22.5 Å². The van der Waals surface area contributed by atoms with E-state index in [4.69, 9.17) is 4.98 Å². The van der Waals surface area contributed by atoms with E-state index < -0.39 is 0 Å². The molecule has 0 atom stereocenters. The number of aryl methyl sites for hydroxylation is 3. The van der Waals surface area contributed by atoms with Crippen LogP contribution in [0.3, 0.4) is 0 Å². The Bertz CT molecular complexity index is 1750. The number of anilines is 3. The van der Waals surface area contributed by atoms with E-state index in [1.54, 1.807) is 24.6 Å². The van der Waals surface area contributed by atoms with Crippen molar-refractivity contribution in [3.8, 4) is 22.5 Å². The van der Waals surface area contributed by atoms with Gasteiger partial charge in [0, 0.05) is 46.7 Å². The Hall–Kier alpha value is -4.56. The fourth-order valence-electron chi connectivity index (χ4n) is 4.74. The first kappa shape index (κ1) is 28.0. The highest BCUT2D eigenvalue weighted by Gasteiger charge is 2.16. The summed E-state index contributed by atoms with van der Waals surface area (Å²) in [7, 11) is 1.71. The van der Waals surface area contributed by atoms with Crippen LogP contribution in [0.2, 0.25) is 0 Å². The maximum absolute atomic E-state index is 13.3. The van der Waals surface area contributed by atoms with Gasteiger partial charge in [-0.3, -0.25) is 9.59 Å². The quantitative estimate of drug-likeness (QED) is 0.194. The second-order valence-corrected chi connectivity index (χ2v) is 11.1. The summed E-state index contributed by atoms with van der Waals surface area (Å²) in [5, 5.41) is 9.33. The summed E-state index contributed by atoms with van der Waals surface area (Å²) < 4.78 is 1.52. The van der Waals surface area contributed by atoms with Crippen molar-refractivity contribution in [3.05, 3.63) is 110 Å². The smallest absolute Gasteiger partial charge is 0.293 e. The van der Waals surface area contributed by atoms with Crippen molar-refractivity contribution >= 4 is 34.4 Å². The lowest BCUT2D eigenvalue weighted by atomic mass is 10.0. The number of aromatic nitrogens is 3. The molecule has 2 aromatic heterocycles. The topological polar surface area (TPSA) is 88.9 Å². The molecule has 8 heteroatoms. The summed E-state index contributed by atoms with van der Waals surface area (Å²) >= 11 is 1.61. The standard InChI is InChI=1S/C33H33N5O2S/c1-5-6-10-23-11-7-8-12-27(23)32(39)37-28-14-9-13-26(21(28)2)29-19-38(4)33(40)31(36-29)35-25-17-15-24(16-18-25)30-20-41-22(3)34-30/h7-9,11-20H,5-6,10H2,1-4H3,(H,35,36)(H,37,39). The summed E-state index contributed by atoms with van der Waals surface area (Å²) in [5.74, 6) is 0.0879. The summed E-state index contributed by atoms with van der Waals surface area (Å²) in [5.41, 5.74) is 7.22. The van der Waals surface area contributed by atoms with Gasteiger partial charge >= 0.3 is 0 Å². The first-order chi connectivity index (χ1) is 19.8. The van der Waals surface area contributed by atoms with Crippen LogP contribution < -0.4 is 16.2 Å². The average Bonchev–Trinajstić information content (AvgIpc) is 3.42. The summed E-state index contributed by atoms with van der Waals surface area (Å²) in [6.07, 6.45) is 4.68. The van der Waals surface area contributed by atoms with E-state index in [2.05, 4.69) is 22.5 Å². The molecule has 0 bridgehead atoms. The van der Waals surface area contributed by atoms with Crippen LogP contribution in [0.1, 0.15) is 46.3 Å². The molecule has 5 aromatic rings. The van der Waals surface area contributed by atoms with Crippen LogP contribution in [0.4, 0.5) is 17.2 Å². The molecule has 3 aromatic carbocycles. The van der Waals surface area contributed by atoms with Gasteiger partial charge in [-0.15, -0.1) is 11.3 Å². The molecule has 0 radical (unpaired) electrons. The second-order valence-electron chi connectivity index (χ2n) is 10.0. The van der Waals surface area contributed by atoms with E-state index in [-0.39, 0.29) is 17.3 Å². The Labute approximate surface area is 244 Å². The predicted molar refractivity (Wildman–Crippen MR) is 168 cm³/mol. The van der Waals surface area contributed by atoms with E-state index in [9.17, 15) is 9.59 Å². The van der Waals surface area contributed by atoms with Crippen LogP contribution in [0, 0.1) is 13.8 Å². The molecule has 0 spiro atoms. The van der Waals surface area contributed by atoms with Gasteiger partial charge in [-0.05, 0) is 62.1 Å². The van der Waals surface area contributed by atoms with Gasteiger partial charge in [0.15, 0.2) is 5.82 Å². The Morgan fingerprint density at radius 2 is 1.73 bits per heavy atom. The monoisotopic (exact) mass is 563 g/mol. The zero-order valence-corrected chi connectivity index (χ0v) is 24.5. The minimum atomic E-state index is -0.237. The minimum absolute atomic E-state index is 0.135. The average molecular weight is 564 g/mol. The van der Waals surface area contributed by atoms with Gasteiger partial charge in [0.05, 0.1) is 16.4 Å². The third-order valence-electron chi connectivity index (χ3n) is 7.05. The molecule has 5 rings (SSSR count). The van der Waals surface area contributed by atoms with Crippen LogP contribution in [0.15, 0.2) is 83.1 Å². The lowest BCUT2D eigenvalue weighted by Gasteiger charge is -2.15. The van der Waals surface area contributed by atoms with Crippen molar-refractivity contribution in [2.45, 2.75) is 40.0 Å². The number of amides is 1. The molecule has 0 saturated heterocycles. The van der Waals surface area contributed by atoms with E-state index in [0.29, 0.717) is 16.9 Å². The molecule has 0 unspecified atom stereocenters. The highest BCUT2D eigenvalue weighted by molar-refractivity contribution is 7.09. The van der Waals surface area contributed by atoms with Crippen molar-refractivity contribution in [1.29, 1.82) is 0 Å². The van der Waals surface area contributed by atoms with Crippen LogP contribution >= 0.6 is 11.3 Å². The third kappa shape index (κ3) is 6.28. The summed E-state index contributed by atoms with van der Waals surface area (Å²) in [4.78, 5) is 35.5. The summed E-state index contributed by atoms with van der Waals surface area (Å²) in [6.45, 7) is 6.08. The molecule has 0 fully saturated rings. The van der Waals surface area contributed by atoms with Crippen molar-refractivity contribution in [3.63, 3.8) is 0 Å². The maximum Gasteiger partial charge on any atom is 0.293 e. The van der Waals surface area contributed by atoms with Crippen molar-refractivity contribution in [1.82, 2.24) is 14.5 Å². The van der Waals surface area contributed by atoms with Gasteiger partial charge in [0.2, 0.25) is 0 Å². The number of nitrogens with zero attached hydrogens (tertiary/aromatic N) is 3. The van der Waals surface area contributed by atoms with Gasteiger partial charge < -0.3 is 15.2 Å². The van der Waals surface area contributed by atoms with E-state index >= 15 is 0 Å². The Morgan fingerprint density at radius 1 is 0.951 bits per heavy atom. The van der Waals surface area contributed by atoms with E-state index in [1.165, 1.54) is 4.57 Å². The number of rotatable bonds is 9. The molecule has 208 valence electrons. The SMILES string of the molecule is CCCCc1ccccc1C(=O)Nc1cccc(-c2cn(C)c(=O)c(Nc3ccc(-c4csc(C)n4)cc3)n2)c1C. The number of carbonyl (C=O) groups is 1. The predicted octanol–water partition coefficient (Wildman–Crippen LogP) is 7.53. The lowest BCUT2D eigenvalue weighted by Crippen LogP contribution is -2.21. The van der Waals surface area contributed by atoms with Crippen LogP contribution in [-0.4, -0.2) is 20.4 Å². The molecular formula is C33H33N5O2S.